The van der Waals surface area contributed by atoms with Crippen LogP contribution in [-0.4, -0.2) is 24.1 Å². The highest BCUT2D eigenvalue weighted by molar-refractivity contribution is 5.90. The van der Waals surface area contributed by atoms with Gasteiger partial charge in [0.1, 0.15) is 23.0 Å². The second-order valence-electron chi connectivity index (χ2n) is 7.24. The Bertz CT molecular complexity index is 1400. The Labute approximate surface area is 176 Å². The summed E-state index contributed by atoms with van der Waals surface area (Å²) >= 11 is 0. The highest BCUT2D eigenvalue weighted by atomic mass is 19.1. The molecule has 3 aromatic heterocycles. The van der Waals surface area contributed by atoms with E-state index in [0.29, 0.717) is 28.5 Å². The van der Waals surface area contributed by atoms with E-state index < -0.39 is 0 Å². The van der Waals surface area contributed by atoms with Gasteiger partial charge >= 0.3 is 0 Å². The van der Waals surface area contributed by atoms with Crippen LogP contribution < -0.4 is 5.32 Å². The Morgan fingerprint density at radius 2 is 1.77 bits per heavy atom. The van der Waals surface area contributed by atoms with Crippen LogP contribution in [0.4, 0.5) is 20.3 Å². The molecule has 1 N–H and O–H groups in total. The second kappa shape index (κ2) is 7.32. The van der Waals surface area contributed by atoms with Gasteiger partial charge in [-0.2, -0.15) is 0 Å². The molecule has 0 spiro atoms. The summed E-state index contributed by atoms with van der Waals surface area (Å²) in [5.74, 6) is 0.501. The molecule has 0 radical (unpaired) electrons. The molecule has 5 rings (SSSR count). The van der Waals surface area contributed by atoms with Crippen LogP contribution in [0.15, 0.2) is 67.3 Å². The summed E-state index contributed by atoms with van der Waals surface area (Å²) in [4.78, 5) is 13.2. The number of hydrogen-bond acceptors (Lipinski definition) is 4. The first-order chi connectivity index (χ1) is 15.0. The van der Waals surface area contributed by atoms with Gasteiger partial charge in [0.05, 0.1) is 23.2 Å². The van der Waals surface area contributed by atoms with Crippen molar-refractivity contribution < 1.29 is 8.78 Å². The van der Waals surface area contributed by atoms with Gasteiger partial charge in [-0.05, 0) is 55.5 Å². The molecule has 2 aromatic carbocycles. The summed E-state index contributed by atoms with van der Waals surface area (Å²) in [5, 5.41) is 3.16. The molecule has 6 nitrogen and oxygen atoms in total. The number of aromatic nitrogens is 5. The third-order valence-electron chi connectivity index (χ3n) is 5.10. The van der Waals surface area contributed by atoms with Gasteiger partial charge in [-0.3, -0.25) is 0 Å². The molecule has 8 heteroatoms. The summed E-state index contributed by atoms with van der Waals surface area (Å²) in [5.41, 5.74) is 4.05. The zero-order valence-corrected chi connectivity index (χ0v) is 16.8. The lowest BCUT2D eigenvalue weighted by Gasteiger charge is -2.09. The minimum atomic E-state index is -0.386. The van der Waals surface area contributed by atoms with Crippen LogP contribution in [0.3, 0.4) is 0 Å². The lowest BCUT2D eigenvalue weighted by atomic mass is 10.2. The van der Waals surface area contributed by atoms with Crippen molar-refractivity contribution >= 4 is 22.5 Å². The maximum atomic E-state index is 14.7. The smallest absolute Gasteiger partial charge is 0.158 e. The molecule has 0 fully saturated rings. The number of aryl methyl sites for hydroxylation is 2. The molecule has 3 heterocycles. The second-order valence-corrected chi connectivity index (χ2v) is 7.24. The first-order valence-electron chi connectivity index (χ1n) is 9.64. The van der Waals surface area contributed by atoms with E-state index in [1.54, 1.807) is 47.6 Å². The predicted molar refractivity (Wildman–Crippen MR) is 115 cm³/mol. The van der Waals surface area contributed by atoms with Crippen molar-refractivity contribution in [3.8, 4) is 17.1 Å². The molecule has 0 saturated carbocycles. The molecule has 0 aliphatic heterocycles. The molecule has 154 valence electrons. The number of anilines is 2. The molecule has 5 aromatic rings. The number of hydrogen-bond donors (Lipinski definition) is 1. The molecular formula is C23H18F2N6. The molecule has 0 saturated heterocycles. The van der Waals surface area contributed by atoms with Crippen molar-refractivity contribution in [2.75, 3.05) is 5.32 Å². The quantitative estimate of drug-likeness (QED) is 0.440. The van der Waals surface area contributed by atoms with Crippen LogP contribution in [0, 0.1) is 18.6 Å². The Balaban J connectivity index is 1.51. The number of halogens is 2. The average Bonchev–Trinajstić information content (AvgIpc) is 3.33. The summed E-state index contributed by atoms with van der Waals surface area (Å²) in [6, 6.07) is 12.9. The van der Waals surface area contributed by atoms with Gasteiger partial charge in [-0.15, -0.1) is 0 Å². The fourth-order valence-electron chi connectivity index (χ4n) is 3.55. The van der Waals surface area contributed by atoms with Crippen LogP contribution in [0.5, 0.6) is 0 Å². The van der Waals surface area contributed by atoms with Crippen LogP contribution >= 0.6 is 0 Å². The Morgan fingerprint density at radius 1 is 0.968 bits per heavy atom. The Morgan fingerprint density at radius 3 is 2.48 bits per heavy atom. The number of nitrogens with one attached hydrogen (secondary N) is 1. The fourth-order valence-corrected chi connectivity index (χ4v) is 3.55. The van der Waals surface area contributed by atoms with E-state index >= 15 is 0 Å². The van der Waals surface area contributed by atoms with Gasteiger partial charge in [0.15, 0.2) is 5.82 Å². The third-order valence-corrected chi connectivity index (χ3v) is 5.10. The van der Waals surface area contributed by atoms with Crippen molar-refractivity contribution in [3.05, 3.63) is 84.6 Å². The van der Waals surface area contributed by atoms with Crippen molar-refractivity contribution in [2.24, 2.45) is 7.05 Å². The number of benzene rings is 2. The normalized spacial score (nSPS) is 11.2. The van der Waals surface area contributed by atoms with Gasteiger partial charge in [-0.25, -0.2) is 23.7 Å². The number of rotatable bonds is 4. The van der Waals surface area contributed by atoms with Gasteiger partial charge < -0.3 is 14.5 Å². The largest absolute Gasteiger partial charge is 0.338 e. The Hall–Kier alpha value is -4.07. The molecule has 0 amide bonds. The molecule has 0 atom stereocenters. The van der Waals surface area contributed by atoms with E-state index in [2.05, 4.69) is 15.3 Å². The highest BCUT2D eigenvalue weighted by Gasteiger charge is 2.15. The molecule has 31 heavy (non-hydrogen) atoms. The number of pyridine rings is 1. The summed E-state index contributed by atoms with van der Waals surface area (Å²) < 4.78 is 31.6. The first kappa shape index (κ1) is 18.9. The van der Waals surface area contributed by atoms with Crippen molar-refractivity contribution in [1.29, 1.82) is 0 Å². The molecule has 0 bridgehead atoms. The van der Waals surface area contributed by atoms with E-state index in [1.165, 1.54) is 18.2 Å². The van der Waals surface area contributed by atoms with Gasteiger partial charge in [0, 0.05) is 30.7 Å². The number of fused-ring (bicyclic) bond motifs is 1. The molecular weight excluding hydrogens is 398 g/mol. The van der Waals surface area contributed by atoms with Crippen molar-refractivity contribution in [3.63, 3.8) is 0 Å². The van der Waals surface area contributed by atoms with Crippen molar-refractivity contribution in [1.82, 2.24) is 24.1 Å². The van der Waals surface area contributed by atoms with E-state index in [0.717, 1.165) is 16.8 Å². The molecule has 0 aliphatic carbocycles. The fraction of sp³-hybridized carbons (Fsp3) is 0.0870. The number of nitrogens with zero attached hydrogens (tertiary/aromatic N) is 5. The van der Waals surface area contributed by atoms with E-state index in [1.807, 2.05) is 24.6 Å². The van der Waals surface area contributed by atoms with Gasteiger partial charge in [0.2, 0.25) is 0 Å². The van der Waals surface area contributed by atoms with E-state index in [9.17, 15) is 8.78 Å². The van der Waals surface area contributed by atoms with E-state index in [4.69, 9.17) is 4.98 Å². The van der Waals surface area contributed by atoms with E-state index in [-0.39, 0.29) is 11.6 Å². The van der Waals surface area contributed by atoms with Crippen molar-refractivity contribution in [2.45, 2.75) is 6.92 Å². The van der Waals surface area contributed by atoms with Gasteiger partial charge in [-0.1, -0.05) is 0 Å². The molecule has 0 unspecified atom stereocenters. The predicted octanol–water partition coefficient (Wildman–Crippen LogP) is 5.15. The molecule has 0 aliphatic rings. The number of imidazole rings is 2. The standard InChI is InChI=1S/C23H18F2N6/c1-14-12-31(13-27-14)19-8-7-17(11-18(19)25)28-22-21-20(9-10-26-22)30(2)23(29-21)15-3-5-16(24)6-4-15/h3-13H,1-2H3,(H,26,28). The summed E-state index contributed by atoms with van der Waals surface area (Å²) in [6.45, 7) is 1.85. The monoisotopic (exact) mass is 416 g/mol. The zero-order chi connectivity index (χ0) is 21.5. The maximum Gasteiger partial charge on any atom is 0.158 e. The minimum absolute atomic E-state index is 0.303. The third kappa shape index (κ3) is 3.42. The Kier molecular flexibility index (Phi) is 4.47. The maximum absolute atomic E-state index is 14.7. The lowest BCUT2D eigenvalue weighted by molar-refractivity contribution is 0.618. The highest BCUT2D eigenvalue weighted by Crippen LogP contribution is 2.29. The first-order valence-corrected chi connectivity index (χ1v) is 9.64. The van der Waals surface area contributed by atoms with Crippen LogP contribution in [-0.2, 0) is 7.05 Å². The van der Waals surface area contributed by atoms with Crippen LogP contribution in [0.1, 0.15) is 5.69 Å². The SMILES string of the molecule is Cc1cn(-c2ccc(Nc3nccc4c3nc(-c3ccc(F)cc3)n4C)cc2F)cn1. The van der Waals surface area contributed by atoms with Crippen LogP contribution in [0.2, 0.25) is 0 Å². The van der Waals surface area contributed by atoms with Crippen LogP contribution in [0.25, 0.3) is 28.1 Å². The summed E-state index contributed by atoms with van der Waals surface area (Å²) in [6.07, 6.45) is 5.01. The minimum Gasteiger partial charge on any atom is -0.338 e. The average molecular weight is 416 g/mol. The summed E-state index contributed by atoms with van der Waals surface area (Å²) in [7, 11) is 1.89. The zero-order valence-electron chi connectivity index (χ0n) is 16.8. The topological polar surface area (TPSA) is 60.6 Å². The van der Waals surface area contributed by atoms with Gasteiger partial charge in [0.25, 0.3) is 0 Å². The lowest BCUT2D eigenvalue weighted by Crippen LogP contribution is -1.99.